The van der Waals surface area contributed by atoms with E-state index in [1.54, 1.807) is 12.1 Å². The van der Waals surface area contributed by atoms with E-state index in [2.05, 4.69) is 35.2 Å². The lowest BCUT2D eigenvalue weighted by atomic mass is 9.94. The molecule has 3 aromatic rings. The van der Waals surface area contributed by atoms with E-state index in [9.17, 15) is 18.0 Å². The molecule has 39 heavy (non-hydrogen) atoms. The minimum absolute atomic E-state index is 0.204. The molecule has 1 atom stereocenters. The first kappa shape index (κ1) is 28.1. The Morgan fingerprint density at radius 2 is 1.67 bits per heavy atom. The molecule has 0 aliphatic carbocycles. The number of rotatable bonds is 9. The van der Waals surface area contributed by atoms with Crippen molar-refractivity contribution in [3.8, 4) is 16.9 Å². The Morgan fingerprint density at radius 1 is 1.03 bits per heavy atom. The zero-order chi connectivity index (χ0) is 28.2. The molecule has 5 N–H and O–H groups in total. The van der Waals surface area contributed by atoms with Crippen LogP contribution in [0.1, 0.15) is 59.0 Å². The second kappa shape index (κ2) is 11.9. The molecule has 0 spiro atoms. The van der Waals surface area contributed by atoms with Crippen LogP contribution in [0.2, 0.25) is 0 Å². The van der Waals surface area contributed by atoms with Crippen molar-refractivity contribution in [1.29, 1.82) is 0 Å². The number of carbonyl (C=O) groups is 1. The normalized spacial score (nSPS) is 14.1. The number of carbonyl (C=O) groups excluding carboxylic acids is 1. The van der Waals surface area contributed by atoms with E-state index in [-0.39, 0.29) is 18.6 Å². The third-order valence-corrected chi connectivity index (χ3v) is 6.43. The average molecular weight is 541 g/mol. The molecule has 0 saturated carbocycles. The maximum Gasteiger partial charge on any atom is 0.416 e. The number of nitrogens with two attached hydrogens (primary N) is 1. The van der Waals surface area contributed by atoms with Crippen LogP contribution in [0.15, 0.2) is 65.8 Å². The molecule has 0 bridgehead atoms. The third-order valence-electron chi connectivity index (χ3n) is 6.43. The largest absolute Gasteiger partial charge is 0.486 e. The fourth-order valence-electron chi connectivity index (χ4n) is 4.58. The third kappa shape index (κ3) is 7.15. The van der Waals surface area contributed by atoms with E-state index in [0.717, 1.165) is 46.4 Å². The first-order chi connectivity index (χ1) is 18.5. The molecule has 1 amide bonds. The topological polar surface area (TPSA) is 91.4 Å². The lowest BCUT2D eigenvalue weighted by Gasteiger charge is -2.23. The van der Waals surface area contributed by atoms with Crippen LogP contribution in [0.3, 0.4) is 0 Å². The highest BCUT2D eigenvalue weighted by Gasteiger charge is 2.30. The van der Waals surface area contributed by atoms with Crippen molar-refractivity contribution in [1.82, 2.24) is 16.3 Å². The number of nitrogens with zero attached hydrogens (tertiary/aromatic N) is 1. The molecule has 1 heterocycles. The summed E-state index contributed by atoms with van der Waals surface area (Å²) < 4.78 is 45.4. The van der Waals surface area contributed by atoms with Gasteiger partial charge in [-0.1, -0.05) is 43.6 Å². The van der Waals surface area contributed by atoms with Crippen LogP contribution >= 0.6 is 0 Å². The Morgan fingerprint density at radius 3 is 2.21 bits per heavy atom. The van der Waals surface area contributed by atoms with E-state index >= 15 is 0 Å². The molecule has 3 aromatic carbocycles. The number of aryl methyl sites for hydroxylation is 2. The molecule has 0 aromatic heterocycles. The minimum Gasteiger partial charge on any atom is -0.486 e. The van der Waals surface area contributed by atoms with Gasteiger partial charge in [-0.25, -0.2) is 0 Å². The van der Waals surface area contributed by atoms with Crippen LogP contribution in [0.25, 0.3) is 11.1 Å². The number of hydrogen-bond donors (Lipinski definition) is 4. The van der Waals surface area contributed by atoms with Gasteiger partial charge in [0.05, 0.1) is 12.1 Å². The van der Waals surface area contributed by atoms with Crippen LogP contribution in [0.5, 0.6) is 5.75 Å². The lowest BCUT2D eigenvalue weighted by Crippen LogP contribution is -2.87. The van der Waals surface area contributed by atoms with Crippen LogP contribution in [-0.4, -0.2) is 18.3 Å². The van der Waals surface area contributed by atoms with Gasteiger partial charge >= 0.3 is 6.18 Å². The molecule has 1 aliphatic rings. The van der Waals surface area contributed by atoms with Gasteiger partial charge in [0.2, 0.25) is 0 Å². The molecule has 206 valence electrons. The SMILES string of the molecule is Cc1cc(OC(CC(C)C)c2ccc(C(=O)NCC3=N[NH2+]NN3)cc2)cc(C)c1-c1ccc(C(F)(F)F)cc1. The first-order valence-electron chi connectivity index (χ1n) is 12.7. The van der Waals surface area contributed by atoms with Crippen LogP contribution in [0, 0.1) is 19.8 Å². The van der Waals surface area contributed by atoms with Crippen molar-refractivity contribution < 1.29 is 28.2 Å². The number of halogens is 3. The first-order valence-corrected chi connectivity index (χ1v) is 12.7. The van der Waals surface area contributed by atoms with Crippen molar-refractivity contribution >= 4 is 11.7 Å². The highest BCUT2D eigenvalue weighted by atomic mass is 19.4. The summed E-state index contributed by atoms with van der Waals surface area (Å²) in [6.45, 7) is 8.38. The highest BCUT2D eigenvalue weighted by molar-refractivity contribution is 5.97. The standard InChI is InChI=1S/C29H32F3N5O2/c1-17(2)13-25(20-5-7-22(8-6-20)28(38)33-16-26-34-36-37-35-26)39-24-14-18(3)27(19(4)15-24)21-9-11-23(12-10-21)29(30,31)32/h5-12,14-15,17,25,36-37H,13,16H2,1-4H3,(H,33,38)(H,34,35)/p+1. The Kier molecular flexibility index (Phi) is 8.57. The maximum absolute atomic E-state index is 13.0. The number of hydrogen-bond acceptors (Lipinski definition) is 5. The van der Waals surface area contributed by atoms with E-state index in [1.165, 1.54) is 17.7 Å². The smallest absolute Gasteiger partial charge is 0.416 e. The average Bonchev–Trinajstić information content (AvgIpc) is 3.40. The molecule has 4 rings (SSSR count). The summed E-state index contributed by atoms with van der Waals surface area (Å²) in [5, 5.41) is 6.87. The minimum atomic E-state index is -4.37. The molecule has 0 radical (unpaired) electrons. The number of alkyl halides is 3. The maximum atomic E-state index is 13.0. The highest BCUT2D eigenvalue weighted by Crippen LogP contribution is 2.36. The number of quaternary nitrogens is 1. The number of ether oxygens (including phenoxy) is 1. The van der Waals surface area contributed by atoms with Crippen molar-refractivity contribution in [3.05, 3.63) is 88.5 Å². The number of nitrogens with one attached hydrogen (secondary N) is 3. The van der Waals surface area contributed by atoms with E-state index in [0.29, 0.717) is 23.1 Å². The summed E-state index contributed by atoms with van der Waals surface area (Å²) in [6, 6.07) is 16.4. The summed E-state index contributed by atoms with van der Waals surface area (Å²) in [4.78, 5) is 12.5. The number of amides is 1. The van der Waals surface area contributed by atoms with Crippen LogP contribution in [-0.2, 0) is 6.18 Å². The van der Waals surface area contributed by atoms with Gasteiger partial charge in [-0.15, -0.1) is 5.53 Å². The molecular weight excluding hydrogens is 507 g/mol. The summed E-state index contributed by atoms with van der Waals surface area (Å²) in [5.74, 6) is 1.46. The van der Waals surface area contributed by atoms with Crippen molar-refractivity contribution in [2.24, 2.45) is 11.0 Å². The molecule has 1 unspecified atom stereocenters. The zero-order valence-corrected chi connectivity index (χ0v) is 22.3. The lowest BCUT2D eigenvalue weighted by molar-refractivity contribution is -0.713. The van der Waals surface area contributed by atoms with Crippen molar-refractivity contribution in [2.45, 2.75) is 46.4 Å². The number of amidine groups is 1. The Labute approximate surface area is 225 Å². The number of benzene rings is 3. The Balaban J connectivity index is 1.50. The van der Waals surface area contributed by atoms with Gasteiger partial charge in [0, 0.05) is 5.56 Å². The van der Waals surface area contributed by atoms with Gasteiger partial charge in [0.15, 0.2) is 5.84 Å². The van der Waals surface area contributed by atoms with Gasteiger partial charge in [-0.3, -0.25) is 10.2 Å². The predicted molar refractivity (Wildman–Crippen MR) is 144 cm³/mol. The molecule has 7 nitrogen and oxygen atoms in total. The Bertz CT molecular complexity index is 1310. The fourth-order valence-corrected chi connectivity index (χ4v) is 4.58. The second-order valence-corrected chi connectivity index (χ2v) is 10.0. The summed E-state index contributed by atoms with van der Waals surface area (Å²) in [5.41, 5.74) is 11.3. The van der Waals surface area contributed by atoms with Crippen molar-refractivity contribution in [3.63, 3.8) is 0 Å². The fraction of sp³-hybridized carbons (Fsp3) is 0.310. The molecule has 0 fully saturated rings. The van der Waals surface area contributed by atoms with Gasteiger partial charge in [-0.2, -0.15) is 13.2 Å². The van der Waals surface area contributed by atoms with Gasteiger partial charge in [0.25, 0.3) is 5.91 Å². The summed E-state index contributed by atoms with van der Waals surface area (Å²) in [7, 11) is 0. The quantitative estimate of drug-likeness (QED) is 0.294. The summed E-state index contributed by atoms with van der Waals surface area (Å²) in [6.07, 6.45) is -3.84. The van der Waals surface area contributed by atoms with E-state index in [4.69, 9.17) is 4.74 Å². The monoisotopic (exact) mass is 540 g/mol. The van der Waals surface area contributed by atoms with Gasteiger partial charge in [0.1, 0.15) is 11.9 Å². The zero-order valence-electron chi connectivity index (χ0n) is 22.3. The molecule has 1 aliphatic heterocycles. The molecular formula is C29H33F3N5O2+. The van der Waals surface area contributed by atoms with E-state index in [1.807, 2.05) is 38.1 Å². The van der Waals surface area contributed by atoms with Crippen LogP contribution < -0.4 is 26.5 Å². The van der Waals surface area contributed by atoms with Crippen molar-refractivity contribution in [2.75, 3.05) is 6.54 Å². The van der Waals surface area contributed by atoms with Crippen LogP contribution in [0.4, 0.5) is 13.2 Å². The molecule has 10 heteroatoms. The molecule has 0 saturated heterocycles. The van der Waals surface area contributed by atoms with E-state index < -0.39 is 11.7 Å². The summed E-state index contributed by atoms with van der Waals surface area (Å²) >= 11 is 0. The van der Waals surface area contributed by atoms with Gasteiger partial charge < -0.3 is 10.1 Å². The van der Waals surface area contributed by atoms with Gasteiger partial charge in [-0.05, 0) is 95.5 Å². The second-order valence-electron chi connectivity index (χ2n) is 10.0. The number of hydrazine groups is 1. The Hall–Kier alpha value is -3.89. The predicted octanol–water partition coefficient (Wildman–Crippen LogP) is 4.78.